The first-order chi connectivity index (χ1) is 7.92. The zero-order valence-electron chi connectivity index (χ0n) is 10.4. The van der Waals surface area contributed by atoms with Gasteiger partial charge in [-0.15, -0.1) is 0 Å². The molecule has 0 bridgehead atoms. The molecule has 1 saturated heterocycles. The van der Waals surface area contributed by atoms with E-state index >= 15 is 0 Å². The van der Waals surface area contributed by atoms with Gasteiger partial charge in [0.25, 0.3) is 0 Å². The number of rotatable bonds is 2. The molecule has 0 aromatic rings. The highest BCUT2D eigenvalue weighted by molar-refractivity contribution is 7.91. The van der Waals surface area contributed by atoms with E-state index in [9.17, 15) is 12.8 Å². The van der Waals surface area contributed by atoms with Gasteiger partial charge < -0.3 is 5.32 Å². The molecular formula is C12H22FNO2S. The molecule has 1 N–H and O–H groups in total. The maximum Gasteiger partial charge on any atom is 0.150 e. The van der Waals surface area contributed by atoms with Crippen molar-refractivity contribution in [3.05, 3.63) is 0 Å². The molecule has 100 valence electrons. The van der Waals surface area contributed by atoms with Crippen molar-refractivity contribution in [2.75, 3.05) is 19.3 Å². The molecule has 1 aliphatic heterocycles. The van der Waals surface area contributed by atoms with E-state index in [1.807, 2.05) is 0 Å². The fraction of sp³-hybridized carbons (Fsp3) is 1.00. The van der Waals surface area contributed by atoms with E-state index in [4.69, 9.17) is 0 Å². The minimum atomic E-state index is -3.01. The summed E-state index contributed by atoms with van der Waals surface area (Å²) in [5, 5.41) is 2.78. The van der Waals surface area contributed by atoms with Gasteiger partial charge in [-0.2, -0.15) is 0 Å². The Bertz CT molecular complexity index is 363. The minimum absolute atomic E-state index is 0.0798. The Morgan fingerprint density at radius 2 is 2.06 bits per heavy atom. The van der Waals surface area contributed by atoms with Crippen molar-refractivity contribution in [1.82, 2.24) is 5.32 Å². The van der Waals surface area contributed by atoms with Crippen LogP contribution in [0.15, 0.2) is 0 Å². The third-order valence-electron chi connectivity index (χ3n) is 4.33. The molecule has 3 unspecified atom stereocenters. The molecule has 0 amide bonds. The Kier molecular flexibility index (Phi) is 3.78. The third kappa shape index (κ3) is 2.99. The van der Waals surface area contributed by atoms with Gasteiger partial charge in [-0.3, -0.25) is 0 Å². The summed E-state index contributed by atoms with van der Waals surface area (Å²) in [7, 11) is -3.01. The second-order valence-corrected chi connectivity index (χ2v) is 7.96. The highest BCUT2D eigenvalue weighted by atomic mass is 32.2. The van der Waals surface area contributed by atoms with Crippen molar-refractivity contribution >= 4 is 9.84 Å². The van der Waals surface area contributed by atoms with Crippen molar-refractivity contribution in [2.24, 2.45) is 5.92 Å². The van der Waals surface area contributed by atoms with Crippen LogP contribution in [0, 0.1) is 5.92 Å². The van der Waals surface area contributed by atoms with Crippen molar-refractivity contribution in [3.63, 3.8) is 0 Å². The summed E-state index contributed by atoms with van der Waals surface area (Å²) in [6.45, 7) is 1.28. The van der Waals surface area contributed by atoms with Crippen molar-refractivity contribution < 1.29 is 12.8 Å². The summed E-state index contributed by atoms with van der Waals surface area (Å²) < 4.78 is 37.9. The van der Waals surface area contributed by atoms with Crippen LogP contribution in [0.5, 0.6) is 0 Å². The predicted molar refractivity (Wildman–Crippen MR) is 66.5 cm³/mol. The largest absolute Gasteiger partial charge is 0.314 e. The van der Waals surface area contributed by atoms with Gasteiger partial charge in [0.2, 0.25) is 0 Å². The molecule has 0 aromatic heterocycles. The van der Waals surface area contributed by atoms with E-state index in [-0.39, 0.29) is 11.2 Å². The molecule has 2 aliphatic rings. The summed E-state index contributed by atoms with van der Waals surface area (Å²) in [6.07, 6.45) is 5.62. The maximum atomic E-state index is 14.8. The van der Waals surface area contributed by atoms with Gasteiger partial charge in [-0.05, 0) is 44.6 Å². The molecule has 0 spiro atoms. The number of alkyl halides is 1. The average molecular weight is 263 g/mol. The molecule has 1 saturated carbocycles. The van der Waals surface area contributed by atoms with Gasteiger partial charge in [0.1, 0.15) is 15.5 Å². The first kappa shape index (κ1) is 13.3. The van der Waals surface area contributed by atoms with Crippen LogP contribution in [-0.4, -0.2) is 38.7 Å². The normalized spacial score (nSPS) is 40.1. The highest BCUT2D eigenvalue weighted by Gasteiger charge is 2.43. The van der Waals surface area contributed by atoms with E-state index in [2.05, 4.69) is 5.32 Å². The molecule has 17 heavy (non-hydrogen) atoms. The van der Waals surface area contributed by atoms with Crippen LogP contribution in [0.1, 0.15) is 38.5 Å². The number of piperidine rings is 1. The molecule has 2 rings (SSSR count). The number of nitrogens with one attached hydrogen (secondary N) is 1. The van der Waals surface area contributed by atoms with Gasteiger partial charge in [0.15, 0.2) is 0 Å². The minimum Gasteiger partial charge on any atom is -0.314 e. The second kappa shape index (κ2) is 4.84. The lowest BCUT2D eigenvalue weighted by atomic mass is 9.74. The van der Waals surface area contributed by atoms with Gasteiger partial charge >= 0.3 is 0 Å². The summed E-state index contributed by atoms with van der Waals surface area (Å²) >= 11 is 0. The van der Waals surface area contributed by atoms with Crippen LogP contribution in [0.25, 0.3) is 0 Å². The Morgan fingerprint density at radius 1 is 1.29 bits per heavy atom. The first-order valence-corrected chi connectivity index (χ1v) is 8.46. The summed E-state index contributed by atoms with van der Waals surface area (Å²) in [5.41, 5.74) is -1.18. The molecule has 1 heterocycles. The molecule has 0 radical (unpaired) electrons. The van der Waals surface area contributed by atoms with Crippen molar-refractivity contribution in [3.8, 4) is 0 Å². The van der Waals surface area contributed by atoms with Crippen LogP contribution < -0.4 is 5.32 Å². The third-order valence-corrected chi connectivity index (χ3v) is 5.97. The van der Waals surface area contributed by atoms with Gasteiger partial charge in [0, 0.05) is 12.8 Å². The number of halogens is 1. The highest BCUT2D eigenvalue weighted by Crippen LogP contribution is 2.40. The number of hydrogen-bond donors (Lipinski definition) is 1. The lowest BCUT2D eigenvalue weighted by Crippen LogP contribution is -2.49. The smallest absolute Gasteiger partial charge is 0.150 e. The lowest BCUT2D eigenvalue weighted by molar-refractivity contribution is 0.0324. The topological polar surface area (TPSA) is 46.2 Å². The summed E-state index contributed by atoms with van der Waals surface area (Å²) in [5.74, 6) is -0.0798. The first-order valence-electron chi connectivity index (χ1n) is 6.50. The monoisotopic (exact) mass is 263 g/mol. The lowest BCUT2D eigenvalue weighted by Gasteiger charge is -2.41. The molecule has 3 nitrogen and oxygen atoms in total. The molecule has 3 atom stereocenters. The Morgan fingerprint density at radius 3 is 2.65 bits per heavy atom. The van der Waals surface area contributed by atoms with Crippen LogP contribution in [0.2, 0.25) is 0 Å². The second-order valence-electron chi connectivity index (χ2n) is 5.63. The van der Waals surface area contributed by atoms with E-state index in [1.165, 1.54) is 6.26 Å². The molecule has 2 fully saturated rings. The van der Waals surface area contributed by atoms with E-state index in [0.29, 0.717) is 25.8 Å². The van der Waals surface area contributed by atoms with Crippen LogP contribution in [0.3, 0.4) is 0 Å². The van der Waals surface area contributed by atoms with Crippen molar-refractivity contribution in [1.29, 1.82) is 0 Å². The fourth-order valence-electron chi connectivity index (χ4n) is 3.24. The molecule has 1 aliphatic carbocycles. The Labute approximate surface area is 103 Å². The fourth-order valence-corrected chi connectivity index (χ4v) is 4.42. The zero-order chi connectivity index (χ0) is 12.5. The van der Waals surface area contributed by atoms with Gasteiger partial charge in [-0.1, -0.05) is 6.42 Å². The van der Waals surface area contributed by atoms with Crippen LogP contribution >= 0.6 is 0 Å². The molecule has 5 heteroatoms. The number of hydrogen-bond acceptors (Lipinski definition) is 3. The van der Waals surface area contributed by atoms with Crippen LogP contribution in [-0.2, 0) is 9.84 Å². The van der Waals surface area contributed by atoms with Crippen molar-refractivity contribution in [2.45, 2.75) is 49.4 Å². The zero-order valence-corrected chi connectivity index (χ0v) is 11.2. The quantitative estimate of drug-likeness (QED) is 0.824. The van der Waals surface area contributed by atoms with Crippen LogP contribution in [0.4, 0.5) is 4.39 Å². The summed E-state index contributed by atoms with van der Waals surface area (Å²) in [4.78, 5) is 0. The summed E-state index contributed by atoms with van der Waals surface area (Å²) in [6, 6.07) is 0. The van der Waals surface area contributed by atoms with E-state index < -0.39 is 15.5 Å². The Balaban J connectivity index is 2.06. The average Bonchev–Trinajstić information content (AvgIpc) is 2.29. The van der Waals surface area contributed by atoms with Gasteiger partial charge in [-0.25, -0.2) is 12.8 Å². The number of sulfone groups is 1. The standard InChI is InChI=1S/C12H22FNO2S/c1-17(15,16)11-5-2-4-10(8-11)12(13)6-3-7-14-9-12/h10-11,14H,2-9H2,1H3. The maximum absolute atomic E-state index is 14.8. The van der Waals surface area contributed by atoms with Gasteiger partial charge in [0.05, 0.1) is 5.25 Å². The Hall–Kier alpha value is -0.160. The predicted octanol–water partition coefficient (Wildman–Crippen LogP) is 1.68. The molecule has 0 aromatic carbocycles. The molecular weight excluding hydrogens is 241 g/mol. The van der Waals surface area contributed by atoms with E-state index in [0.717, 1.165) is 25.8 Å². The SMILES string of the molecule is CS(=O)(=O)C1CCCC(C2(F)CCCNC2)C1. The van der Waals surface area contributed by atoms with E-state index in [1.54, 1.807) is 0 Å².